The summed E-state index contributed by atoms with van der Waals surface area (Å²) in [6, 6.07) is 8.45. The Hall–Kier alpha value is -0.140. The summed E-state index contributed by atoms with van der Waals surface area (Å²) in [6.07, 6.45) is 2.11. The highest BCUT2D eigenvalue weighted by Gasteiger charge is 2.00. The molecule has 0 aliphatic heterocycles. The van der Waals surface area contributed by atoms with Crippen LogP contribution in [0.15, 0.2) is 24.3 Å². The van der Waals surface area contributed by atoms with Gasteiger partial charge in [0.05, 0.1) is 5.38 Å². The van der Waals surface area contributed by atoms with Crippen molar-refractivity contribution < 1.29 is 0 Å². The van der Waals surface area contributed by atoms with E-state index in [0.29, 0.717) is 0 Å². The zero-order valence-electron chi connectivity index (χ0n) is 7.38. The summed E-state index contributed by atoms with van der Waals surface area (Å²) in [5, 5.41) is 0.117. The Balaban J connectivity index is 2.81. The highest BCUT2D eigenvalue weighted by Crippen LogP contribution is 2.21. The lowest BCUT2D eigenvalue weighted by Gasteiger charge is -2.05. The topological polar surface area (TPSA) is 0 Å². The lowest BCUT2D eigenvalue weighted by Crippen LogP contribution is -1.86. The molecule has 1 aromatic carbocycles. The van der Waals surface area contributed by atoms with Gasteiger partial charge in [-0.2, -0.15) is 11.8 Å². The first kappa shape index (κ1) is 9.94. The number of alkyl halides is 1. The molecule has 0 aliphatic carbocycles. The van der Waals surface area contributed by atoms with Crippen molar-refractivity contribution in [1.82, 2.24) is 0 Å². The maximum atomic E-state index is 5.97. The van der Waals surface area contributed by atoms with Gasteiger partial charge < -0.3 is 0 Å². The number of benzene rings is 1. The summed E-state index contributed by atoms with van der Waals surface area (Å²) in [4.78, 5) is 0. The highest BCUT2D eigenvalue weighted by atomic mass is 35.5. The van der Waals surface area contributed by atoms with Crippen molar-refractivity contribution in [3.63, 3.8) is 0 Å². The van der Waals surface area contributed by atoms with E-state index in [0.717, 1.165) is 5.75 Å². The Morgan fingerprint density at radius 2 is 2.25 bits per heavy atom. The Kier molecular flexibility index (Phi) is 3.96. The van der Waals surface area contributed by atoms with E-state index >= 15 is 0 Å². The van der Waals surface area contributed by atoms with Crippen molar-refractivity contribution >= 4 is 23.4 Å². The average molecular weight is 201 g/mol. The molecule has 0 fully saturated rings. The zero-order chi connectivity index (χ0) is 8.97. The van der Waals surface area contributed by atoms with Crippen molar-refractivity contribution in [3.8, 4) is 0 Å². The van der Waals surface area contributed by atoms with Gasteiger partial charge in [0.2, 0.25) is 0 Å². The zero-order valence-corrected chi connectivity index (χ0v) is 8.95. The predicted molar refractivity (Wildman–Crippen MR) is 57.9 cm³/mol. The van der Waals surface area contributed by atoms with Gasteiger partial charge in [-0.3, -0.25) is 0 Å². The summed E-state index contributed by atoms with van der Waals surface area (Å²) in [5.74, 6) is 1.07. The minimum Gasteiger partial charge on any atom is -0.161 e. The maximum Gasteiger partial charge on any atom is 0.0557 e. The van der Waals surface area contributed by atoms with Crippen molar-refractivity contribution in [2.45, 2.75) is 18.1 Å². The number of halogens is 1. The third kappa shape index (κ3) is 2.72. The summed E-state index contributed by atoms with van der Waals surface area (Å²) in [5.41, 5.74) is 2.57. The van der Waals surface area contributed by atoms with Crippen molar-refractivity contribution in [2.24, 2.45) is 0 Å². The van der Waals surface area contributed by atoms with Crippen LogP contribution in [0, 0.1) is 0 Å². The van der Waals surface area contributed by atoms with E-state index in [1.807, 2.05) is 18.7 Å². The van der Waals surface area contributed by atoms with Crippen LogP contribution in [0.1, 0.15) is 23.4 Å². The van der Waals surface area contributed by atoms with Crippen molar-refractivity contribution in [2.75, 3.05) is 6.26 Å². The summed E-state index contributed by atoms with van der Waals surface area (Å²) in [6.45, 7) is 2.00. The molecule has 0 amide bonds. The van der Waals surface area contributed by atoms with Crippen LogP contribution in [-0.2, 0) is 5.75 Å². The van der Waals surface area contributed by atoms with Crippen LogP contribution in [0.25, 0.3) is 0 Å². The van der Waals surface area contributed by atoms with Gasteiger partial charge in [-0.15, -0.1) is 11.6 Å². The lowest BCUT2D eigenvalue weighted by atomic mass is 10.1. The monoisotopic (exact) mass is 200 g/mol. The molecule has 0 nitrogen and oxygen atoms in total. The van der Waals surface area contributed by atoms with Crippen molar-refractivity contribution in [1.29, 1.82) is 0 Å². The van der Waals surface area contributed by atoms with E-state index in [-0.39, 0.29) is 5.38 Å². The van der Waals surface area contributed by atoms with Gasteiger partial charge in [-0.1, -0.05) is 24.3 Å². The van der Waals surface area contributed by atoms with Crippen LogP contribution in [0.3, 0.4) is 0 Å². The summed E-state index contributed by atoms with van der Waals surface area (Å²) < 4.78 is 0. The number of thioether (sulfide) groups is 1. The average Bonchev–Trinajstić information content (AvgIpc) is 2.05. The van der Waals surface area contributed by atoms with Crippen LogP contribution < -0.4 is 0 Å². The van der Waals surface area contributed by atoms with Gasteiger partial charge in [-0.05, 0) is 24.3 Å². The first-order valence-electron chi connectivity index (χ1n) is 3.96. The molecular formula is C10H13ClS. The molecule has 12 heavy (non-hydrogen) atoms. The second-order valence-electron chi connectivity index (χ2n) is 2.79. The smallest absolute Gasteiger partial charge is 0.0557 e. The first-order valence-corrected chi connectivity index (χ1v) is 5.79. The van der Waals surface area contributed by atoms with E-state index in [1.54, 1.807) is 0 Å². The van der Waals surface area contributed by atoms with E-state index in [9.17, 15) is 0 Å². The molecule has 0 saturated carbocycles. The van der Waals surface area contributed by atoms with Crippen LogP contribution >= 0.6 is 23.4 Å². The summed E-state index contributed by atoms with van der Waals surface area (Å²) >= 11 is 7.80. The molecule has 0 radical (unpaired) electrons. The van der Waals surface area contributed by atoms with Gasteiger partial charge in [0.25, 0.3) is 0 Å². The van der Waals surface area contributed by atoms with Gasteiger partial charge in [0.15, 0.2) is 0 Å². The van der Waals surface area contributed by atoms with E-state index in [1.165, 1.54) is 11.1 Å². The van der Waals surface area contributed by atoms with E-state index in [2.05, 4.69) is 30.5 Å². The predicted octanol–water partition coefficient (Wildman–Crippen LogP) is 3.85. The Labute approximate surface area is 83.3 Å². The van der Waals surface area contributed by atoms with Gasteiger partial charge in [-0.25, -0.2) is 0 Å². The molecule has 1 rings (SSSR count). The maximum absolute atomic E-state index is 5.97. The van der Waals surface area contributed by atoms with Crippen LogP contribution in [0.4, 0.5) is 0 Å². The van der Waals surface area contributed by atoms with E-state index in [4.69, 9.17) is 11.6 Å². The fourth-order valence-electron chi connectivity index (χ4n) is 1.10. The minimum atomic E-state index is 0.117. The molecule has 0 N–H and O–H groups in total. The largest absolute Gasteiger partial charge is 0.161 e. The number of hydrogen-bond donors (Lipinski definition) is 0. The minimum absolute atomic E-state index is 0.117. The molecule has 0 spiro atoms. The molecule has 66 valence electrons. The molecule has 0 saturated heterocycles. The molecule has 0 aromatic heterocycles. The van der Waals surface area contributed by atoms with Gasteiger partial charge in [0.1, 0.15) is 0 Å². The Morgan fingerprint density at radius 1 is 1.50 bits per heavy atom. The highest BCUT2D eigenvalue weighted by molar-refractivity contribution is 7.97. The standard InChI is InChI=1S/C10H13ClS/c1-8(11)10-5-3-4-9(6-10)7-12-2/h3-6,8H,7H2,1-2H3. The normalized spacial score (nSPS) is 12.9. The van der Waals surface area contributed by atoms with Crippen LogP contribution in [0.5, 0.6) is 0 Å². The molecule has 2 heteroatoms. The first-order chi connectivity index (χ1) is 5.74. The molecule has 1 aromatic rings. The van der Waals surface area contributed by atoms with Crippen molar-refractivity contribution in [3.05, 3.63) is 35.4 Å². The molecule has 0 aliphatic rings. The SMILES string of the molecule is CSCc1cccc(C(C)Cl)c1. The molecule has 0 heterocycles. The molecular weight excluding hydrogens is 188 g/mol. The lowest BCUT2D eigenvalue weighted by molar-refractivity contribution is 1.08. The van der Waals surface area contributed by atoms with E-state index < -0.39 is 0 Å². The second-order valence-corrected chi connectivity index (χ2v) is 4.31. The number of rotatable bonds is 3. The fraction of sp³-hybridized carbons (Fsp3) is 0.400. The van der Waals surface area contributed by atoms with Crippen LogP contribution in [-0.4, -0.2) is 6.26 Å². The second kappa shape index (κ2) is 4.78. The summed E-state index contributed by atoms with van der Waals surface area (Å²) in [7, 11) is 0. The number of hydrogen-bond acceptors (Lipinski definition) is 1. The third-order valence-corrected chi connectivity index (χ3v) is 2.60. The fourth-order valence-corrected chi connectivity index (χ4v) is 1.75. The Morgan fingerprint density at radius 3 is 2.83 bits per heavy atom. The van der Waals surface area contributed by atoms with Crippen LogP contribution in [0.2, 0.25) is 0 Å². The van der Waals surface area contributed by atoms with Gasteiger partial charge >= 0.3 is 0 Å². The molecule has 1 atom stereocenters. The molecule has 0 bridgehead atoms. The molecule has 1 unspecified atom stereocenters. The Bertz CT molecular complexity index is 245. The third-order valence-electron chi connectivity index (χ3n) is 1.72. The van der Waals surface area contributed by atoms with Gasteiger partial charge in [0, 0.05) is 5.75 Å². The quantitative estimate of drug-likeness (QED) is 0.668.